The van der Waals surface area contributed by atoms with Crippen LogP contribution in [0.1, 0.15) is 22.9 Å². The highest BCUT2D eigenvalue weighted by Crippen LogP contribution is 2.46. The van der Waals surface area contributed by atoms with Gasteiger partial charge in [-0.15, -0.1) is 0 Å². The lowest BCUT2D eigenvalue weighted by molar-refractivity contribution is -0.0973. The number of alkyl halides is 2. The summed E-state index contributed by atoms with van der Waals surface area (Å²) in [6, 6.07) is 5.38. The number of nitrogens with zero attached hydrogens (tertiary/aromatic N) is 2. The van der Waals surface area contributed by atoms with Gasteiger partial charge in [-0.2, -0.15) is 5.26 Å². The quantitative estimate of drug-likeness (QED) is 0.877. The number of hydrogen-bond acceptors (Lipinski definition) is 2. The Morgan fingerprint density at radius 2 is 2.10 bits per heavy atom. The van der Waals surface area contributed by atoms with Crippen molar-refractivity contribution in [2.75, 3.05) is 0 Å². The first kappa shape index (κ1) is 14.0. The topological polar surface area (TPSA) is 49.0 Å². The van der Waals surface area contributed by atoms with Crippen molar-refractivity contribution in [3.63, 3.8) is 0 Å². The van der Waals surface area contributed by atoms with Crippen molar-refractivity contribution in [2.24, 2.45) is 0 Å². The smallest absolute Gasteiger partial charge is 0.283 e. The van der Waals surface area contributed by atoms with E-state index in [1.165, 1.54) is 16.8 Å². The monoisotopic (exact) mass is 312 g/mol. The fraction of sp³-hybridized carbons (Fsp3) is 0.214. The molecule has 1 unspecified atom stereocenters. The van der Waals surface area contributed by atoms with E-state index < -0.39 is 24.3 Å². The van der Waals surface area contributed by atoms with Crippen molar-refractivity contribution in [1.29, 1.82) is 5.26 Å². The molecule has 1 aromatic carbocycles. The average molecular weight is 313 g/mol. The predicted molar refractivity (Wildman–Crippen MR) is 69.1 cm³/mol. The number of halogens is 4. The summed E-state index contributed by atoms with van der Waals surface area (Å²) < 4.78 is 42.0. The second-order valence-corrected chi connectivity index (χ2v) is 5.29. The van der Waals surface area contributed by atoms with Crippen LogP contribution < -0.4 is 0 Å². The summed E-state index contributed by atoms with van der Waals surface area (Å²) in [5.41, 5.74) is 0.145. The van der Waals surface area contributed by atoms with Crippen LogP contribution >= 0.6 is 11.6 Å². The van der Waals surface area contributed by atoms with Gasteiger partial charge >= 0.3 is 0 Å². The number of aliphatic hydroxyl groups excluding tert-OH is 1. The van der Waals surface area contributed by atoms with Gasteiger partial charge in [-0.05, 0) is 18.2 Å². The van der Waals surface area contributed by atoms with Crippen LogP contribution in [0.15, 0.2) is 24.4 Å². The fourth-order valence-corrected chi connectivity index (χ4v) is 2.79. The average Bonchev–Trinajstić information content (AvgIpc) is 2.84. The van der Waals surface area contributed by atoms with Gasteiger partial charge in [0.05, 0.1) is 12.0 Å². The lowest BCUT2D eigenvalue weighted by Gasteiger charge is -2.14. The maximum Gasteiger partial charge on any atom is 0.283 e. The first-order valence-corrected chi connectivity index (χ1v) is 6.38. The normalized spacial score (nSPS) is 19.3. The third-order valence-electron chi connectivity index (χ3n) is 3.47. The number of nitriles is 1. The molecule has 1 heterocycles. The van der Waals surface area contributed by atoms with E-state index in [-0.39, 0.29) is 27.5 Å². The molecule has 0 radical (unpaired) electrons. The van der Waals surface area contributed by atoms with Gasteiger partial charge in [-0.25, -0.2) is 13.2 Å². The van der Waals surface area contributed by atoms with Gasteiger partial charge < -0.3 is 9.67 Å². The van der Waals surface area contributed by atoms with Crippen molar-refractivity contribution in [2.45, 2.75) is 18.4 Å². The Morgan fingerprint density at radius 3 is 2.71 bits per heavy atom. The van der Waals surface area contributed by atoms with Gasteiger partial charge in [0.25, 0.3) is 5.92 Å². The molecule has 0 spiro atoms. The minimum Gasteiger partial charge on any atom is -0.382 e. The standard InChI is InChI=1S/C14H8ClF3N2O/c15-8-1-9(16)3-10(2-8)20-6-7(5-19)12-11(20)4-14(17,18)13(12)21/h1-3,6,13,21H,4H2. The molecule has 108 valence electrons. The minimum atomic E-state index is -3.35. The molecule has 1 aliphatic rings. The van der Waals surface area contributed by atoms with Gasteiger partial charge in [-0.3, -0.25) is 0 Å². The first-order chi connectivity index (χ1) is 9.83. The fourth-order valence-electron chi connectivity index (χ4n) is 2.58. The third kappa shape index (κ3) is 2.09. The van der Waals surface area contributed by atoms with E-state index >= 15 is 0 Å². The summed E-state index contributed by atoms with van der Waals surface area (Å²) in [6.45, 7) is 0. The molecule has 1 aromatic heterocycles. The zero-order valence-corrected chi connectivity index (χ0v) is 11.2. The maximum absolute atomic E-state index is 13.7. The Morgan fingerprint density at radius 1 is 1.38 bits per heavy atom. The Labute approximate surface area is 122 Å². The zero-order valence-electron chi connectivity index (χ0n) is 10.4. The van der Waals surface area contributed by atoms with E-state index in [9.17, 15) is 18.3 Å². The van der Waals surface area contributed by atoms with Crippen LogP contribution in [0.25, 0.3) is 5.69 Å². The number of hydrogen-bond donors (Lipinski definition) is 1. The molecule has 0 saturated carbocycles. The Balaban J connectivity index is 2.24. The van der Waals surface area contributed by atoms with Crippen molar-refractivity contribution in [3.05, 3.63) is 52.1 Å². The van der Waals surface area contributed by atoms with E-state index in [2.05, 4.69) is 0 Å². The van der Waals surface area contributed by atoms with E-state index in [0.29, 0.717) is 0 Å². The third-order valence-corrected chi connectivity index (χ3v) is 3.69. The van der Waals surface area contributed by atoms with Crippen LogP contribution in [0.3, 0.4) is 0 Å². The lowest BCUT2D eigenvalue weighted by Crippen LogP contribution is -2.22. The van der Waals surface area contributed by atoms with Gasteiger partial charge in [0, 0.05) is 28.2 Å². The van der Waals surface area contributed by atoms with Crippen LogP contribution in [0, 0.1) is 17.1 Å². The highest BCUT2D eigenvalue weighted by molar-refractivity contribution is 6.30. The van der Waals surface area contributed by atoms with Gasteiger partial charge in [0.15, 0.2) is 0 Å². The van der Waals surface area contributed by atoms with Crippen LogP contribution in [0.2, 0.25) is 5.02 Å². The first-order valence-electron chi connectivity index (χ1n) is 6.00. The number of aromatic nitrogens is 1. The molecule has 1 atom stereocenters. The molecule has 0 fully saturated rings. The highest BCUT2D eigenvalue weighted by atomic mass is 35.5. The summed E-state index contributed by atoms with van der Waals surface area (Å²) in [5, 5.41) is 18.8. The van der Waals surface area contributed by atoms with E-state index in [1.807, 2.05) is 0 Å². The van der Waals surface area contributed by atoms with E-state index in [0.717, 1.165) is 12.1 Å². The molecule has 21 heavy (non-hydrogen) atoms. The number of fused-ring (bicyclic) bond motifs is 1. The van der Waals surface area contributed by atoms with Crippen LogP contribution in [-0.4, -0.2) is 15.6 Å². The molecular formula is C14H8ClF3N2O. The Bertz CT molecular complexity index is 759. The molecule has 7 heteroatoms. The molecule has 0 bridgehead atoms. The van der Waals surface area contributed by atoms with E-state index in [1.54, 1.807) is 6.07 Å². The number of aliphatic hydroxyl groups is 1. The molecule has 0 amide bonds. The molecule has 1 N–H and O–H groups in total. The SMILES string of the molecule is N#Cc1cn(-c2cc(F)cc(Cl)c2)c2c1C(O)C(F)(F)C2. The highest BCUT2D eigenvalue weighted by Gasteiger charge is 2.50. The van der Waals surface area contributed by atoms with Crippen molar-refractivity contribution in [1.82, 2.24) is 4.57 Å². The summed E-state index contributed by atoms with van der Waals surface area (Å²) in [5.74, 6) is -3.97. The maximum atomic E-state index is 13.7. The van der Waals surface area contributed by atoms with Crippen molar-refractivity contribution in [3.8, 4) is 11.8 Å². The summed E-state index contributed by atoms with van der Waals surface area (Å²) in [7, 11) is 0. The van der Waals surface area contributed by atoms with Gasteiger partial charge in [-0.1, -0.05) is 11.6 Å². The summed E-state index contributed by atoms with van der Waals surface area (Å²) in [4.78, 5) is 0. The number of rotatable bonds is 1. The van der Waals surface area contributed by atoms with Crippen LogP contribution in [0.5, 0.6) is 0 Å². The van der Waals surface area contributed by atoms with E-state index in [4.69, 9.17) is 16.9 Å². The van der Waals surface area contributed by atoms with Gasteiger partial charge in [0.1, 0.15) is 18.0 Å². The lowest BCUT2D eigenvalue weighted by atomic mass is 10.1. The second-order valence-electron chi connectivity index (χ2n) is 4.85. The molecule has 3 rings (SSSR count). The minimum absolute atomic E-state index is 0.0601. The molecule has 2 aromatic rings. The summed E-state index contributed by atoms with van der Waals surface area (Å²) >= 11 is 5.76. The molecule has 3 nitrogen and oxygen atoms in total. The van der Waals surface area contributed by atoms with Crippen LogP contribution in [-0.2, 0) is 6.42 Å². The van der Waals surface area contributed by atoms with Crippen LogP contribution in [0.4, 0.5) is 13.2 Å². The van der Waals surface area contributed by atoms with Gasteiger partial charge in [0.2, 0.25) is 0 Å². The molecular weight excluding hydrogens is 305 g/mol. The molecule has 0 aliphatic heterocycles. The largest absolute Gasteiger partial charge is 0.382 e. The van der Waals surface area contributed by atoms with Crippen molar-refractivity contribution < 1.29 is 18.3 Å². The zero-order chi connectivity index (χ0) is 15.4. The molecule has 1 aliphatic carbocycles. The predicted octanol–water partition coefficient (Wildman–Crippen LogP) is 3.37. The molecule has 0 saturated heterocycles. The summed E-state index contributed by atoms with van der Waals surface area (Å²) in [6.07, 6.45) is -1.46. The van der Waals surface area contributed by atoms with Crippen molar-refractivity contribution >= 4 is 11.6 Å². The Kier molecular flexibility index (Phi) is 3.01. The Hall–Kier alpha value is -1.97. The second kappa shape index (κ2) is 4.52. The number of benzene rings is 1.